The van der Waals surface area contributed by atoms with Crippen LogP contribution in [0.1, 0.15) is 5.56 Å². The maximum atomic E-state index is 6.00. The number of pyridine rings is 1. The van der Waals surface area contributed by atoms with E-state index in [1.54, 1.807) is 19.5 Å². The van der Waals surface area contributed by atoms with Gasteiger partial charge in [0.2, 0.25) is 0 Å². The van der Waals surface area contributed by atoms with Crippen LogP contribution in [0.4, 0.5) is 11.5 Å². The number of nitrogens with one attached hydrogen (secondary N) is 1. The first kappa shape index (κ1) is 14.6. The zero-order valence-corrected chi connectivity index (χ0v) is 12.2. The van der Waals surface area contributed by atoms with Crippen molar-refractivity contribution < 1.29 is 0 Å². The van der Waals surface area contributed by atoms with Crippen LogP contribution in [0.5, 0.6) is 0 Å². The quantitative estimate of drug-likeness (QED) is 0.751. The van der Waals surface area contributed by atoms with E-state index in [9.17, 15) is 0 Å². The normalized spacial score (nSPS) is 11.8. The van der Waals surface area contributed by atoms with Crippen molar-refractivity contribution >= 4 is 23.3 Å². The van der Waals surface area contributed by atoms with Crippen molar-refractivity contribution in [1.29, 1.82) is 0 Å². The van der Waals surface area contributed by atoms with Gasteiger partial charge in [0.25, 0.3) is 0 Å². The van der Waals surface area contributed by atoms with Crippen molar-refractivity contribution in [3.05, 3.63) is 48.3 Å². The molecule has 1 heterocycles. The third-order valence-corrected chi connectivity index (χ3v) is 3.18. The molecule has 0 bridgehead atoms. The van der Waals surface area contributed by atoms with E-state index in [1.807, 2.05) is 37.4 Å². The van der Waals surface area contributed by atoms with Gasteiger partial charge in [0, 0.05) is 55.1 Å². The Labute approximate surface area is 124 Å². The van der Waals surface area contributed by atoms with E-state index in [1.165, 1.54) is 6.20 Å². The Bertz CT molecular complexity index is 672. The number of nitrogens with zero attached hydrogens (tertiary/aromatic N) is 2. The number of nitrogen functional groups attached to an aromatic ring is 1. The summed E-state index contributed by atoms with van der Waals surface area (Å²) in [5.74, 6) is 0.487. The largest absolute Gasteiger partial charge is 0.404 e. The number of benzene rings is 1. The highest BCUT2D eigenvalue weighted by Gasteiger charge is 2.07. The number of nitrogens with two attached hydrogens (primary N) is 2. The first-order chi connectivity index (χ1) is 10.2. The van der Waals surface area contributed by atoms with Crippen LogP contribution in [-0.2, 0) is 0 Å². The van der Waals surface area contributed by atoms with Gasteiger partial charge in [-0.05, 0) is 23.8 Å². The minimum absolute atomic E-state index is 0.487. The first-order valence-corrected chi connectivity index (χ1v) is 6.57. The Kier molecular flexibility index (Phi) is 4.56. The van der Waals surface area contributed by atoms with Crippen LogP contribution in [0.25, 0.3) is 16.7 Å². The van der Waals surface area contributed by atoms with Crippen LogP contribution in [0.2, 0.25) is 0 Å². The van der Waals surface area contributed by atoms with Gasteiger partial charge in [-0.3, -0.25) is 4.99 Å². The van der Waals surface area contributed by atoms with Crippen LogP contribution >= 0.6 is 0 Å². The topological polar surface area (TPSA) is 89.3 Å². The molecule has 0 aliphatic heterocycles. The van der Waals surface area contributed by atoms with Gasteiger partial charge in [0.05, 0.1) is 0 Å². The molecule has 1 aromatic heterocycles. The van der Waals surface area contributed by atoms with E-state index in [4.69, 9.17) is 11.5 Å². The van der Waals surface area contributed by atoms with Gasteiger partial charge in [-0.25, -0.2) is 4.98 Å². The Morgan fingerprint density at radius 1 is 1.29 bits per heavy atom. The number of aromatic nitrogens is 1. The highest BCUT2D eigenvalue weighted by molar-refractivity contribution is 6.09. The molecule has 21 heavy (non-hydrogen) atoms. The molecule has 0 saturated carbocycles. The molecule has 2 rings (SSSR count). The van der Waals surface area contributed by atoms with E-state index >= 15 is 0 Å². The van der Waals surface area contributed by atoms with Gasteiger partial charge in [-0.1, -0.05) is 12.1 Å². The zero-order valence-electron chi connectivity index (χ0n) is 12.2. The number of anilines is 2. The highest BCUT2D eigenvalue weighted by atomic mass is 14.8. The third kappa shape index (κ3) is 3.20. The number of aliphatic imine (C=N–C) groups is 1. The lowest BCUT2D eigenvalue weighted by atomic mass is 10.0. The Morgan fingerprint density at radius 2 is 2.00 bits per heavy atom. The van der Waals surface area contributed by atoms with Crippen molar-refractivity contribution in [2.45, 2.75) is 0 Å². The van der Waals surface area contributed by atoms with Crippen molar-refractivity contribution in [3.63, 3.8) is 0 Å². The predicted octanol–water partition coefficient (Wildman–Crippen LogP) is 2.37. The van der Waals surface area contributed by atoms with E-state index in [-0.39, 0.29) is 0 Å². The summed E-state index contributed by atoms with van der Waals surface area (Å²) in [6.07, 6.45) is 4.90. The minimum atomic E-state index is 0.487. The van der Waals surface area contributed by atoms with Crippen LogP contribution < -0.4 is 16.8 Å². The molecule has 0 saturated heterocycles. The van der Waals surface area contributed by atoms with E-state index in [2.05, 4.69) is 15.3 Å². The molecular formula is C16H19N5. The average molecular weight is 281 g/mol. The molecule has 0 aliphatic rings. The van der Waals surface area contributed by atoms with Gasteiger partial charge in [0.15, 0.2) is 0 Å². The molecule has 0 atom stereocenters. The van der Waals surface area contributed by atoms with Crippen molar-refractivity contribution in [1.82, 2.24) is 4.98 Å². The number of rotatable bonds is 4. The smallest absolute Gasteiger partial charge is 0.131 e. The Hall–Kier alpha value is -2.82. The number of hydrogen-bond acceptors (Lipinski definition) is 5. The standard InChI is InChI=1S/C16H19N5/c1-19-9-13(8-17)12-7-15(16(18)21-10-12)11-3-5-14(20-2)6-4-11/h3-10,20H,17H2,1-2H3,(H2,18,21)/b13-8+,19-9?. The molecule has 2 aromatic rings. The maximum absolute atomic E-state index is 6.00. The van der Waals surface area contributed by atoms with Crippen molar-refractivity contribution in [3.8, 4) is 11.1 Å². The van der Waals surface area contributed by atoms with Crippen LogP contribution in [0.3, 0.4) is 0 Å². The first-order valence-electron chi connectivity index (χ1n) is 6.57. The van der Waals surface area contributed by atoms with Gasteiger partial charge in [-0.2, -0.15) is 0 Å². The van der Waals surface area contributed by atoms with Gasteiger partial charge in [0.1, 0.15) is 5.82 Å². The maximum Gasteiger partial charge on any atom is 0.131 e. The summed E-state index contributed by atoms with van der Waals surface area (Å²) in [6, 6.07) is 9.96. The molecular weight excluding hydrogens is 262 g/mol. The molecule has 0 amide bonds. The molecule has 0 spiro atoms. The fourth-order valence-corrected chi connectivity index (χ4v) is 2.03. The second-order valence-corrected chi connectivity index (χ2v) is 4.49. The number of hydrogen-bond donors (Lipinski definition) is 3. The summed E-state index contributed by atoms with van der Waals surface area (Å²) < 4.78 is 0. The zero-order chi connectivity index (χ0) is 15.2. The van der Waals surface area contributed by atoms with Crippen molar-refractivity contribution in [2.75, 3.05) is 25.1 Å². The second kappa shape index (κ2) is 6.56. The fraction of sp³-hybridized carbons (Fsp3) is 0.125. The molecule has 1 aromatic carbocycles. The fourth-order valence-electron chi connectivity index (χ4n) is 2.03. The molecule has 5 heteroatoms. The Balaban J connectivity index is 2.47. The molecule has 108 valence electrons. The Morgan fingerprint density at radius 3 is 2.57 bits per heavy atom. The third-order valence-electron chi connectivity index (χ3n) is 3.18. The molecule has 0 aliphatic carbocycles. The van der Waals surface area contributed by atoms with E-state index in [0.717, 1.165) is 28.0 Å². The molecule has 5 N–H and O–H groups in total. The summed E-state index contributed by atoms with van der Waals surface area (Å²) in [7, 11) is 3.58. The van der Waals surface area contributed by atoms with Crippen LogP contribution in [0.15, 0.2) is 47.7 Å². The van der Waals surface area contributed by atoms with E-state index in [0.29, 0.717) is 5.82 Å². The summed E-state index contributed by atoms with van der Waals surface area (Å²) in [6.45, 7) is 0. The van der Waals surface area contributed by atoms with Crippen LogP contribution in [-0.4, -0.2) is 25.3 Å². The minimum Gasteiger partial charge on any atom is -0.404 e. The average Bonchev–Trinajstić information content (AvgIpc) is 2.53. The van der Waals surface area contributed by atoms with Gasteiger partial charge < -0.3 is 16.8 Å². The molecule has 5 nitrogen and oxygen atoms in total. The summed E-state index contributed by atoms with van der Waals surface area (Å²) in [5, 5.41) is 3.09. The van der Waals surface area contributed by atoms with Crippen LogP contribution in [0, 0.1) is 0 Å². The molecule has 0 unspecified atom stereocenters. The SMILES string of the molecule is CN=C/C(=C\N)c1cnc(N)c(-c2ccc(NC)cc2)c1. The van der Waals surface area contributed by atoms with Gasteiger partial charge >= 0.3 is 0 Å². The lowest BCUT2D eigenvalue weighted by molar-refractivity contribution is 1.32. The van der Waals surface area contributed by atoms with E-state index < -0.39 is 0 Å². The summed E-state index contributed by atoms with van der Waals surface area (Å²) >= 11 is 0. The monoisotopic (exact) mass is 281 g/mol. The number of allylic oxidation sites excluding steroid dienone is 1. The van der Waals surface area contributed by atoms with Crippen molar-refractivity contribution in [2.24, 2.45) is 10.7 Å². The molecule has 0 radical (unpaired) electrons. The summed E-state index contributed by atoms with van der Waals surface area (Å²) in [5.41, 5.74) is 16.2. The molecule has 0 fully saturated rings. The van der Waals surface area contributed by atoms with Gasteiger partial charge in [-0.15, -0.1) is 0 Å². The predicted molar refractivity (Wildman–Crippen MR) is 90.2 cm³/mol. The highest BCUT2D eigenvalue weighted by Crippen LogP contribution is 2.28. The summed E-state index contributed by atoms with van der Waals surface area (Å²) in [4.78, 5) is 8.24. The lowest BCUT2D eigenvalue weighted by Crippen LogP contribution is -1.98. The second-order valence-electron chi connectivity index (χ2n) is 4.49. The lowest BCUT2D eigenvalue weighted by Gasteiger charge is -2.09.